The molecule has 1 heterocycles. The quantitative estimate of drug-likeness (QED) is 0.444. The minimum Gasteiger partial charge on any atom is -0.170 e. The lowest BCUT2D eigenvalue weighted by atomic mass is 13.8. The zero-order chi connectivity index (χ0) is 9.62. The first-order valence-electron chi connectivity index (χ1n) is 2.21. The average Bonchev–Trinajstić information content (AvgIpc) is 1.44. The van der Waals surface area contributed by atoms with Crippen LogP contribution in [0.25, 0.3) is 0 Å². The fraction of sp³-hybridized carbons (Fsp3) is 0. The van der Waals surface area contributed by atoms with Crippen molar-refractivity contribution in [3.63, 3.8) is 0 Å². The van der Waals surface area contributed by atoms with E-state index in [0.717, 1.165) is 0 Å². The Labute approximate surface area is 86.5 Å². The molecule has 0 aliphatic carbocycles. The van der Waals surface area contributed by atoms with Gasteiger partial charge >= 0.3 is 13.7 Å². The van der Waals surface area contributed by atoms with Gasteiger partial charge in [-0.1, -0.05) is 0 Å². The van der Waals surface area contributed by atoms with Gasteiger partial charge in [-0.25, -0.2) is 0 Å². The minimum absolute atomic E-state index is 2.79. The smallest absolute Gasteiger partial charge is 0.170 e. The Bertz CT molecular complexity index is 280. The molecule has 2 atom stereocenters. The molecule has 0 N–H and O–H groups in total. The van der Waals surface area contributed by atoms with Crippen molar-refractivity contribution in [1.29, 1.82) is 0 Å². The molecular formula is Cl4F2N3P3. The molecule has 12 heavy (non-hydrogen) atoms. The topological polar surface area (TPSA) is 37.1 Å². The molecule has 3 nitrogen and oxygen atoms in total. The first-order chi connectivity index (χ1) is 5.12. The van der Waals surface area contributed by atoms with Crippen LogP contribution in [0.1, 0.15) is 0 Å². The molecule has 0 spiro atoms. The van der Waals surface area contributed by atoms with E-state index in [1.165, 1.54) is 0 Å². The number of hydrogen-bond acceptors (Lipinski definition) is 3. The molecule has 72 valence electrons. The van der Waals surface area contributed by atoms with Crippen LogP contribution in [-0.4, -0.2) is 0 Å². The largest absolute Gasteiger partial charge is 0.339 e. The van der Waals surface area contributed by atoms with E-state index in [0.29, 0.717) is 0 Å². The summed E-state index contributed by atoms with van der Waals surface area (Å²) in [6, 6.07) is 0. The number of nitrogens with zero attached hydrogens (tertiary/aromatic N) is 3. The second-order valence-electron chi connectivity index (χ2n) is 1.64. The van der Waals surface area contributed by atoms with E-state index >= 15 is 0 Å². The third-order valence-electron chi connectivity index (χ3n) is 0.646. The van der Waals surface area contributed by atoms with Crippen molar-refractivity contribution in [1.82, 2.24) is 0 Å². The van der Waals surface area contributed by atoms with Gasteiger partial charge in [-0.3, -0.25) is 0 Å². The summed E-state index contributed by atoms with van der Waals surface area (Å²) in [5.41, 5.74) is 0. The van der Waals surface area contributed by atoms with Crippen molar-refractivity contribution in [2.75, 3.05) is 0 Å². The first kappa shape index (κ1) is 11.8. The third kappa shape index (κ3) is 3.46. The van der Waals surface area contributed by atoms with Crippen molar-refractivity contribution in [2.45, 2.75) is 0 Å². The van der Waals surface area contributed by atoms with Gasteiger partial charge in [0.25, 0.3) is 5.91 Å². The molecule has 12 heteroatoms. The number of rotatable bonds is 0. The van der Waals surface area contributed by atoms with Crippen LogP contribution in [0.3, 0.4) is 0 Å². The Balaban J connectivity index is 3.46. The van der Waals surface area contributed by atoms with E-state index in [4.69, 9.17) is 45.0 Å². The summed E-state index contributed by atoms with van der Waals surface area (Å²) >= 11 is 20.8. The van der Waals surface area contributed by atoms with Gasteiger partial charge in [0.2, 0.25) is 0 Å². The molecule has 0 radical (unpaired) electrons. The second-order valence-corrected chi connectivity index (χ2v) is 12.4. The van der Waals surface area contributed by atoms with Gasteiger partial charge in [0.05, 0.1) is 0 Å². The molecule has 1 rings (SSSR count). The molecule has 0 aromatic carbocycles. The monoisotopic (exact) mass is 313 g/mol. The molecule has 0 amide bonds. The van der Waals surface area contributed by atoms with Crippen molar-refractivity contribution >= 4 is 64.6 Å². The summed E-state index contributed by atoms with van der Waals surface area (Å²) in [5.74, 6) is -3.39. The Morgan fingerprint density at radius 3 is 1.50 bits per heavy atom. The van der Waals surface area contributed by atoms with Crippen LogP contribution >= 0.6 is 64.6 Å². The number of hydrogen-bond donors (Lipinski definition) is 0. The highest BCUT2D eigenvalue weighted by Gasteiger charge is 2.33. The molecule has 0 fully saturated rings. The molecule has 0 aromatic rings. The summed E-state index contributed by atoms with van der Waals surface area (Å²) in [6.07, 6.45) is 0. The van der Waals surface area contributed by atoms with Crippen LogP contribution in [-0.2, 0) is 0 Å². The molecule has 1 aliphatic heterocycles. The Kier molecular flexibility index (Phi) is 3.32. The molecule has 0 aromatic heterocycles. The highest BCUT2D eigenvalue weighted by atomic mass is 35.9. The van der Waals surface area contributed by atoms with E-state index in [2.05, 4.69) is 13.5 Å². The van der Waals surface area contributed by atoms with Crippen LogP contribution in [0, 0.1) is 0 Å². The molecular weight excluding hydrogens is 315 g/mol. The maximum absolute atomic E-state index is 12.9. The maximum Gasteiger partial charge on any atom is 0.339 e. The Morgan fingerprint density at radius 2 is 1.17 bits per heavy atom. The van der Waals surface area contributed by atoms with Crippen LogP contribution in [0.15, 0.2) is 13.5 Å². The van der Waals surface area contributed by atoms with E-state index in [9.17, 15) is 8.39 Å². The van der Waals surface area contributed by atoms with Crippen molar-refractivity contribution in [3.8, 4) is 0 Å². The van der Waals surface area contributed by atoms with Gasteiger partial charge in [-0.2, -0.15) is 21.9 Å². The van der Waals surface area contributed by atoms with Crippen LogP contribution in [0.2, 0.25) is 0 Å². The van der Waals surface area contributed by atoms with E-state index in [1.54, 1.807) is 0 Å². The lowest BCUT2D eigenvalue weighted by Gasteiger charge is -2.13. The van der Waals surface area contributed by atoms with Gasteiger partial charge in [-0.15, -0.1) is 0 Å². The predicted octanol–water partition coefficient (Wildman–Crippen LogP) is 6.73. The Hall–Kier alpha value is 1.71. The van der Waals surface area contributed by atoms with Crippen molar-refractivity contribution in [2.24, 2.45) is 13.5 Å². The fourth-order valence-corrected chi connectivity index (χ4v) is 13.1. The fourth-order valence-electron chi connectivity index (χ4n) is 0.442. The number of halogens is 6. The van der Waals surface area contributed by atoms with Gasteiger partial charge in [-0.05, 0) is 45.0 Å². The van der Waals surface area contributed by atoms with Crippen LogP contribution in [0.4, 0.5) is 8.39 Å². The lowest BCUT2D eigenvalue weighted by Crippen LogP contribution is -1.63. The van der Waals surface area contributed by atoms with E-state index in [-0.39, 0.29) is 0 Å². The molecule has 1 aliphatic rings. The summed E-state index contributed by atoms with van der Waals surface area (Å²) in [6.45, 7) is -8.25. The summed E-state index contributed by atoms with van der Waals surface area (Å²) < 4.78 is 34.7. The zero-order valence-electron chi connectivity index (χ0n) is 4.95. The Morgan fingerprint density at radius 1 is 0.750 bits per heavy atom. The highest BCUT2D eigenvalue weighted by molar-refractivity contribution is 8.16. The van der Waals surface area contributed by atoms with Crippen molar-refractivity contribution in [3.05, 3.63) is 0 Å². The zero-order valence-corrected chi connectivity index (χ0v) is 10.7. The van der Waals surface area contributed by atoms with E-state index in [1.807, 2.05) is 0 Å². The van der Waals surface area contributed by atoms with Crippen LogP contribution < -0.4 is 0 Å². The lowest BCUT2D eigenvalue weighted by molar-refractivity contribution is 0.879. The normalized spacial score (nSPS) is 45.5. The molecule has 0 saturated heterocycles. The third-order valence-corrected chi connectivity index (χ3v) is 10.7. The molecule has 0 unspecified atom stereocenters. The maximum atomic E-state index is 12.9. The minimum atomic E-state index is -4.12. The van der Waals surface area contributed by atoms with Crippen LogP contribution in [0.5, 0.6) is 0 Å². The standard InChI is InChI=1S/Cl4F2N3P3/c1-10(2)7-11(3,5)9-12(4,6)8-10/t11-,12-/m0/s1. The van der Waals surface area contributed by atoms with Gasteiger partial charge in [0.15, 0.2) is 0 Å². The van der Waals surface area contributed by atoms with Gasteiger partial charge < -0.3 is 0 Å². The summed E-state index contributed by atoms with van der Waals surface area (Å²) in [7, 11) is 0. The van der Waals surface area contributed by atoms with E-state index < -0.39 is 19.6 Å². The van der Waals surface area contributed by atoms with Gasteiger partial charge in [0.1, 0.15) is 0 Å². The average molecular weight is 315 g/mol. The molecule has 0 saturated carbocycles. The summed E-state index contributed by atoms with van der Waals surface area (Å²) in [5, 5.41) is 0. The van der Waals surface area contributed by atoms with Crippen molar-refractivity contribution < 1.29 is 8.39 Å². The highest BCUT2D eigenvalue weighted by Crippen LogP contribution is 2.86. The second kappa shape index (κ2) is 3.38. The SMILES string of the molecule is F[P@@]1(Cl)=NP(Cl)(Cl)=N[P@@](F)(Cl)=N1. The molecule has 0 bridgehead atoms. The summed E-state index contributed by atoms with van der Waals surface area (Å²) in [4.78, 5) is 0. The predicted molar refractivity (Wildman–Crippen MR) is 53.7 cm³/mol. The van der Waals surface area contributed by atoms with Gasteiger partial charge in [0, 0.05) is 0 Å². The first-order valence-corrected chi connectivity index (χ1v) is 10.7.